The molecule has 0 fully saturated rings. The number of aromatic carboxylic acids is 1. The van der Waals surface area contributed by atoms with Crippen LogP contribution in [0, 0.1) is 13.8 Å². The summed E-state index contributed by atoms with van der Waals surface area (Å²) in [7, 11) is 0. The van der Waals surface area contributed by atoms with E-state index in [2.05, 4.69) is 60.5 Å². The standard InChI is InChI=1S/C24H24N2O3/c1-15-4-3-5-19(16(15)2)17-6-7-20-18(9-11-29-23(20)12-17)13-26-22-14-25-10-8-21(22)24(27)28/h3-8,10,12,14,18,26H,9,11,13H2,1-2H3,(H,27,28). The van der Waals surface area contributed by atoms with Crippen molar-refractivity contribution in [2.45, 2.75) is 26.2 Å². The molecule has 5 nitrogen and oxygen atoms in total. The van der Waals surface area contributed by atoms with E-state index in [0.29, 0.717) is 18.8 Å². The van der Waals surface area contributed by atoms with Crippen LogP contribution in [0.3, 0.4) is 0 Å². The predicted octanol–water partition coefficient (Wildman–Crippen LogP) is 5.04. The van der Waals surface area contributed by atoms with Gasteiger partial charge in [-0.2, -0.15) is 0 Å². The Morgan fingerprint density at radius 2 is 2.10 bits per heavy atom. The molecule has 29 heavy (non-hydrogen) atoms. The second-order valence-corrected chi connectivity index (χ2v) is 7.44. The van der Waals surface area contributed by atoms with Crippen LogP contribution in [-0.2, 0) is 0 Å². The molecule has 4 rings (SSSR count). The molecular weight excluding hydrogens is 364 g/mol. The molecule has 2 N–H and O–H groups in total. The number of carbonyl (C=O) groups is 1. The Morgan fingerprint density at radius 1 is 1.24 bits per heavy atom. The number of anilines is 1. The summed E-state index contributed by atoms with van der Waals surface area (Å²) < 4.78 is 5.97. The molecule has 0 saturated carbocycles. The van der Waals surface area contributed by atoms with Crippen molar-refractivity contribution < 1.29 is 14.6 Å². The molecule has 1 aromatic heterocycles. The molecule has 1 unspecified atom stereocenters. The summed E-state index contributed by atoms with van der Waals surface area (Å²) in [5.74, 6) is 0.194. The van der Waals surface area contributed by atoms with Crippen molar-refractivity contribution in [3.8, 4) is 16.9 Å². The number of carboxylic acid groups (broad SMARTS) is 1. The molecule has 2 heterocycles. The van der Waals surface area contributed by atoms with Crippen LogP contribution >= 0.6 is 0 Å². The zero-order valence-electron chi connectivity index (χ0n) is 16.6. The molecule has 0 bridgehead atoms. The fraction of sp³-hybridized carbons (Fsp3) is 0.250. The van der Waals surface area contributed by atoms with E-state index in [-0.39, 0.29) is 11.5 Å². The van der Waals surface area contributed by atoms with Gasteiger partial charge in [0, 0.05) is 18.7 Å². The fourth-order valence-electron chi connectivity index (χ4n) is 3.86. The van der Waals surface area contributed by atoms with Crippen LogP contribution in [0.2, 0.25) is 0 Å². The number of ether oxygens (including phenoxy) is 1. The Morgan fingerprint density at radius 3 is 2.93 bits per heavy atom. The van der Waals surface area contributed by atoms with Crippen LogP contribution in [0.25, 0.3) is 11.1 Å². The molecule has 0 radical (unpaired) electrons. The number of nitrogens with zero attached hydrogens (tertiary/aromatic N) is 1. The first-order valence-corrected chi connectivity index (χ1v) is 9.79. The van der Waals surface area contributed by atoms with E-state index in [4.69, 9.17) is 4.74 Å². The number of aromatic nitrogens is 1. The first-order valence-electron chi connectivity index (χ1n) is 9.79. The van der Waals surface area contributed by atoms with Gasteiger partial charge in [-0.1, -0.05) is 30.3 Å². The molecule has 1 atom stereocenters. The average molecular weight is 388 g/mol. The number of pyridine rings is 1. The molecule has 1 aliphatic rings. The van der Waals surface area contributed by atoms with Gasteiger partial charge in [0.25, 0.3) is 0 Å². The molecule has 0 amide bonds. The Balaban J connectivity index is 1.58. The van der Waals surface area contributed by atoms with Gasteiger partial charge in [0.15, 0.2) is 0 Å². The van der Waals surface area contributed by atoms with Crippen LogP contribution in [0.1, 0.15) is 39.4 Å². The number of rotatable bonds is 5. The zero-order valence-corrected chi connectivity index (χ0v) is 16.6. The Hall–Kier alpha value is -3.34. The minimum absolute atomic E-state index is 0.234. The lowest BCUT2D eigenvalue weighted by molar-refractivity contribution is 0.0697. The molecule has 3 aromatic rings. The molecule has 1 aliphatic heterocycles. The van der Waals surface area contributed by atoms with Crippen LogP contribution in [0.4, 0.5) is 5.69 Å². The molecule has 0 saturated heterocycles. The fourth-order valence-corrected chi connectivity index (χ4v) is 3.86. The predicted molar refractivity (Wildman–Crippen MR) is 114 cm³/mol. The summed E-state index contributed by atoms with van der Waals surface area (Å²) >= 11 is 0. The lowest BCUT2D eigenvalue weighted by atomic mass is 9.89. The first-order chi connectivity index (χ1) is 14.0. The van der Waals surface area contributed by atoms with Crippen LogP contribution < -0.4 is 10.1 Å². The van der Waals surface area contributed by atoms with Gasteiger partial charge in [0.2, 0.25) is 0 Å². The van der Waals surface area contributed by atoms with Crippen LogP contribution in [-0.4, -0.2) is 29.2 Å². The van der Waals surface area contributed by atoms with Crippen molar-refractivity contribution in [3.63, 3.8) is 0 Å². The summed E-state index contributed by atoms with van der Waals surface area (Å²) in [6.07, 6.45) is 3.94. The van der Waals surface area contributed by atoms with E-state index in [9.17, 15) is 9.90 Å². The maximum atomic E-state index is 11.4. The maximum absolute atomic E-state index is 11.4. The first kappa shape index (κ1) is 19.0. The second kappa shape index (κ2) is 7.95. The van der Waals surface area contributed by atoms with Gasteiger partial charge in [-0.3, -0.25) is 4.98 Å². The van der Waals surface area contributed by atoms with Gasteiger partial charge >= 0.3 is 5.97 Å². The van der Waals surface area contributed by atoms with Crippen LogP contribution in [0.5, 0.6) is 5.75 Å². The SMILES string of the molecule is Cc1cccc(-c2ccc3c(c2)OCCC3CNc2cnccc2C(=O)O)c1C. The van der Waals surface area contributed by atoms with Crippen molar-refractivity contribution in [1.82, 2.24) is 4.98 Å². The number of hydrogen-bond acceptors (Lipinski definition) is 4. The number of nitrogens with one attached hydrogen (secondary N) is 1. The van der Waals surface area contributed by atoms with Gasteiger partial charge in [0.05, 0.1) is 24.1 Å². The largest absolute Gasteiger partial charge is 0.493 e. The van der Waals surface area contributed by atoms with Gasteiger partial charge < -0.3 is 15.2 Å². The summed E-state index contributed by atoms with van der Waals surface area (Å²) in [4.78, 5) is 15.5. The highest BCUT2D eigenvalue weighted by Gasteiger charge is 2.23. The maximum Gasteiger partial charge on any atom is 0.337 e. The van der Waals surface area contributed by atoms with Gasteiger partial charge in [-0.25, -0.2) is 4.79 Å². The van der Waals surface area contributed by atoms with Crippen molar-refractivity contribution in [2.24, 2.45) is 0 Å². The van der Waals surface area contributed by atoms with Crippen LogP contribution in [0.15, 0.2) is 54.9 Å². The smallest absolute Gasteiger partial charge is 0.337 e. The Kier molecular flexibility index (Phi) is 5.21. The van der Waals surface area contributed by atoms with Gasteiger partial charge in [-0.15, -0.1) is 0 Å². The van der Waals surface area contributed by atoms with Crippen molar-refractivity contribution in [2.75, 3.05) is 18.5 Å². The zero-order chi connectivity index (χ0) is 20.4. The third-order valence-electron chi connectivity index (χ3n) is 5.68. The number of hydrogen-bond donors (Lipinski definition) is 2. The average Bonchev–Trinajstić information content (AvgIpc) is 2.74. The van der Waals surface area contributed by atoms with E-state index >= 15 is 0 Å². The quantitative estimate of drug-likeness (QED) is 0.641. The third kappa shape index (κ3) is 3.81. The molecule has 5 heteroatoms. The van der Waals surface area contributed by atoms with E-state index in [1.165, 1.54) is 29.0 Å². The monoisotopic (exact) mass is 388 g/mol. The highest BCUT2D eigenvalue weighted by molar-refractivity contribution is 5.93. The van der Waals surface area contributed by atoms with Crippen molar-refractivity contribution >= 4 is 11.7 Å². The summed E-state index contributed by atoms with van der Waals surface area (Å²) in [6.45, 7) is 5.55. The van der Waals surface area contributed by atoms with Crippen molar-refractivity contribution in [1.29, 1.82) is 0 Å². The molecule has 148 valence electrons. The molecule has 0 spiro atoms. The number of carboxylic acids is 1. The Bertz CT molecular complexity index is 1060. The summed E-state index contributed by atoms with van der Waals surface area (Å²) in [6, 6.07) is 14.3. The highest BCUT2D eigenvalue weighted by Crippen LogP contribution is 2.38. The van der Waals surface area contributed by atoms with E-state index < -0.39 is 5.97 Å². The topological polar surface area (TPSA) is 71.5 Å². The van der Waals surface area contributed by atoms with Crippen molar-refractivity contribution in [3.05, 3.63) is 77.1 Å². The van der Waals surface area contributed by atoms with Gasteiger partial charge in [0.1, 0.15) is 5.75 Å². The molecule has 2 aromatic carbocycles. The number of fused-ring (bicyclic) bond motifs is 1. The second-order valence-electron chi connectivity index (χ2n) is 7.44. The minimum Gasteiger partial charge on any atom is -0.493 e. The van der Waals surface area contributed by atoms with E-state index in [1.54, 1.807) is 6.20 Å². The number of aryl methyl sites for hydroxylation is 1. The lowest BCUT2D eigenvalue weighted by Gasteiger charge is -2.27. The number of benzene rings is 2. The Labute approximate surface area is 170 Å². The minimum atomic E-state index is -0.958. The lowest BCUT2D eigenvalue weighted by Crippen LogP contribution is -2.21. The third-order valence-corrected chi connectivity index (χ3v) is 5.68. The molecular formula is C24H24N2O3. The summed E-state index contributed by atoms with van der Waals surface area (Å²) in [5.41, 5.74) is 6.85. The van der Waals surface area contributed by atoms with E-state index in [1.807, 2.05) is 0 Å². The molecule has 0 aliphatic carbocycles. The van der Waals surface area contributed by atoms with E-state index in [0.717, 1.165) is 23.3 Å². The van der Waals surface area contributed by atoms with Gasteiger partial charge in [-0.05, 0) is 60.2 Å². The summed E-state index contributed by atoms with van der Waals surface area (Å²) in [5, 5.41) is 12.6. The highest BCUT2D eigenvalue weighted by atomic mass is 16.5. The normalized spacial score (nSPS) is 15.3.